The summed E-state index contributed by atoms with van der Waals surface area (Å²) in [7, 11) is 0. The second-order valence-corrected chi connectivity index (χ2v) is 6.45. The number of nitrogens with zero attached hydrogens (tertiary/aromatic N) is 3. The monoisotopic (exact) mass is 363 g/mol. The van der Waals surface area contributed by atoms with Gasteiger partial charge >= 0.3 is 0 Å². The molecular formula is C19H17N5O3. The summed E-state index contributed by atoms with van der Waals surface area (Å²) in [5.74, 6) is 0.682. The third-order valence-corrected chi connectivity index (χ3v) is 4.26. The van der Waals surface area contributed by atoms with Crippen LogP contribution in [0.2, 0.25) is 0 Å². The zero-order valence-electron chi connectivity index (χ0n) is 14.8. The molecule has 4 rings (SSSR count). The van der Waals surface area contributed by atoms with E-state index in [1.807, 2.05) is 25.1 Å². The molecule has 0 saturated carbocycles. The molecule has 136 valence electrons. The summed E-state index contributed by atoms with van der Waals surface area (Å²) in [5, 5.41) is 6.79. The minimum absolute atomic E-state index is 0.0316. The number of oxazole rings is 1. The summed E-state index contributed by atoms with van der Waals surface area (Å²) in [4.78, 5) is 31.2. The van der Waals surface area contributed by atoms with E-state index in [1.165, 1.54) is 6.92 Å². The molecule has 0 aliphatic carbocycles. The number of hydrogen-bond acceptors (Lipinski definition) is 6. The number of hydrazone groups is 1. The van der Waals surface area contributed by atoms with Crippen molar-refractivity contribution in [1.82, 2.24) is 15.4 Å². The number of hydrogen-bond donors (Lipinski definition) is 2. The van der Waals surface area contributed by atoms with Crippen LogP contribution in [0, 0.1) is 5.92 Å². The van der Waals surface area contributed by atoms with Gasteiger partial charge in [-0.3, -0.25) is 9.59 Å². The summed E-state index contributed by atoms with van der Waals surface area (Å²) in [6, 6.07) is 9.13. The lowest BCUT2D eigenvalue weighted by atomic mass is 9.94. The number of rotatable bonds is 3. The Bertz CT molecular complexity index is 1070. The number of nitrogens with one attached hydrogen (secondary N) is 2. The third kappa shape index (κ3) is 3.41. The van der Waals surface area contributed by atoms with Gasteiger partial charge < -0.3 is 9.73 Å². The Morgan fingerprint density at radius 2 is 2.07 bits per heavy atom. The third-order valence-electron chi connectivity index (χ3n) is 4.26. The van der Waals surface area contributed by atoms with Crippen molar-refractivity contribution in [2.24, 2.45) is 11.0 Å². The van der Waals surface area contributed by atoms with Crippen molar-refractivity contribution in [2.45, 2.75) is 20.3 Å². The van der Waals surface area contributed by atoms with Crippen molar-refractivity contribution in [3.63, 3.8) is 0 Å². The van der Waals surface area contributed by atoms with Crippen LogP contribution in [0.4, 0.5) is 5.82 Å². The summed E-state index contributed by atoms with van der Waals surface area (Å²) >= 11 is 0. The van der Waals surface area contributed by atoms with E-state index in [1.54, 1.807) is 18.3 Å². The normalized spacial score (nSPS) is 16.7. The maximum Gasteiger partial charge on any atom is 0.240 e. The van der Waals surface area contributed by atoms with Crippen LogP contribution in [-0.4, -0.2) is 27.5 Å². The van der Waals surface area contributed by atoms with Gasteiger partial charge in [0.25, 0.3) is 0 Å². The summed E-state index contributed by atoms with van der Waals surface area (Å²) < 4.78 is 5.88. The lowest BCUT2D eigenvalue weighted by Gasteiger charge is -2.18. The molecule has 1 unspecified atom stereocenters. The zero-order chi connectivity index (χ0) is 19.0. The summed E-state index contributed by atoms with van der Waals surface area (Å²) in [6.07, 6.45) is 2.00. The molecule has 2 aromatic heterocycles. The van der Waals surface area contributed by atoms with Gasteiger partial charge in [-0.2, -0.15) is 5.10 Å². The Kier molecular flexibility index (Phi) is 4.15. The first-order valence-corrected chi connectivity index (χ1v) is 8.51. The van der Waals surface area contributed by atoms with Crippen LogP contribution in [0.15, 0.2) is 46.0 Å². The number of fused-ring (bicyclic) bond motifs is 1. The average molecular weight is 363 g/mol. The van der Waals surface area contributed by atoms with Crippen LogP contribution in [0.5, 0.6) is 0 Å². The fraction of sp³-hybridized carbons (Fsp3) is 0.211. The SMILES string of the molecule is CC(=O)Nc1ccc(-c2nc3ccc(C4=NNC(=O)CC4C)cc3o2)cn1. The molecule has 3 heterocycles. The van der Waals surface area contributed by atoms with Crippen LogP contribution >= 0.6 is 0 Å². The molecule has 1 aromatic carbocycles. The molecule has 0 fully saturated rings. The molecule has 1 aliphatic rings. The highest BCUT2D eigenvalue weighted by Gasteiger charge is 2.22. The highest BCUT2D eigenvalue weighted by Crippen LogP contribution is 2.26. The number of carbonyl (C=O) groups is 2. The molecule has 8 heteroatoms. The number of amides is 2. The fourth-order valence-electron chi connectivity index (χ4n) is 2.98. The first-order chi connectivity index (χ1) is 13.0. The first kappa shape index (κ1) is 16.9. The van der Waals surface area contributed by atoms with Gasteiger partial charge in [-0.1, -0.05) is 13.0 Å². The van der Waals surface area contributed by atoms with Crippen molar-refractivity contribution in [3.05, 3.63) is 42.1 Å². The second kappa shape index (κ2) is 6.64. The van der Waals surface area contributed by atoms with Crippen molar-refractivity contribution in [3.8, 4) is 11.5 Å². The van der Waals surface area contributed by atoms with E-state index >= 15 is 0 Å². The van der Waals surface area contributed by atoms with E-state index in [2.05, 4.69) is 25.8 Å². The summed E-state index contributed by atoms with van der Waals surface area (Å²) in [5.41, 5.74) is 6.27. The van der Waals surface area contributed by atoms with Gasteiger partial charge in [-0.25, -0.2) is 15.4 Å². The molecule has 0 spiro atoms. The lowest BCUT2D eigenvalue weighted by molar-refractivity contribution is -0.122. The van der Waals surface area contributed by atoms with Gasteiger partial charge in [-0.15, -0.1) is 0 Å². The van der Waals surface area contributed by atoms with E-state index in [0.29, 0.717) is 34.8 Å². The number of aromatic nitrogens is 2. The van der Waals surface area contributed by atoms with Crippen molar-refractivity contribution in [2.75, 3.05) is 5.32 Å². The first-order valence-electron chi connectivity index (χ1n) is 8.51. The lowest BCUT2D eigenvalue weighted by Crippen LogP contribution is -2.31. The number of benzene rings is 1. The molecule has 2 amide bonds. The van der Waals surface area contributed by atoms with E-state index in [4.69, 9.17) is 4.42 Å². The largest absolute Gasteiger partial charge is 0.436 e. The number of carbonyl (C=O) groups excluding carboxylic acids is 2. The maximum absolute atomic E-state index is 11.4. The van der Waals surface area contributed by atoms with Gasteiger partial charge in [0, 0.05) is 31.0 Å². The van der Waals surface area contributed by atoms with Crippen LogP contribution in [0.3, 0.4) is 0 Å². The van der Waals surface area contributed by atoms with Crippen molar-refractivity contribution < 1.29 is 14.0 Å². The summed E-state index contributed by atoms with van der Waals surface area (Å²) in [6.45, 7) is 3.40. The van der Waals surface area contributed by atoms with E-state index in [-0.39, 0.29) is 17.7 Å². The van der Waals surface area contributed by atoms with Gasteiger partial charge in [0.2, 0.25) is 17.7 Å². The van der Waals surface area contributed by atoms with Gasteiger partial charge in [0.05, 0.1) is 11.3 Å². The van der Waals surface area contributed by atoms with Gasteiger partial charge in [-0.05, 0) is 24.3 Å². The Labute approximate surface area is 154 Å². The second-order valence-electron chi connectivity index (χ2n) is 6.45. The fourth-order valence-corrected chi connectivity index (χ4v) is 2.98. The highest BCUT2D eigenvalue weighted by molar-refractivity contribution is 6.07. The minimum atomic E-state index is -0.180. The molecule has 1 atom stereocenters. The zero-order valence-corrected chi connectivity index (χ0v) is 14.8. The van der Waals surface area contributed by atoms with Crippen LogP contribution in [-0.2, 0) is 9.59 Å². The van der Waals surface area contributed by atoms with E-state index in [9.17, 15) is 9.59 Å². The molecule has 0 saturated heterocycles. The predicted molar refractivity (Wildman–Crippen MR) is 100 cm³/mol. The van der Waals surface area contributed by atoms with E-state index < -0.39 is 0 Å². The predicted octanol–water partition coefficient (Wildman–Crippen LogP) is 2.71. The Hall–Kier alpha value is -3.55. The number of anilines is 1. The quantitative estimate of drug-likeness (QED) is 0.743. The topological polar surface area (TPSA) is 109 Å². The van der Waals surface area contributed by atoms with Crippen molar-refractivity contribution >= 4 is 34.4 Å². The van der Waals surface area contributed by atoms with Crippen molar-refractivity contribution in [1.29, 1.82) is 0 Å². The standard InChI is InChI=1S/C19H17N5O3/c1-10-7-17(26)23-24-18(10)12-3-5-14-15(8-12)27-19(22-14)13-4-6-16(20-9-13)21-11(2)25/h3-6,8-10H,7H2,1-2H3,(H,23,26)(H,20,21,25). The Balaban J connectivity index is 1.65. The molecule has 8 nitrogen and oxygen atoms in total. The maximum atomic E-state index is 11.4. The Morgan fingerprint density at radius 3 is 2.78 bits per heavy atom. The van der Waals surface area contributed by atoms with Gasteiger partial charge in [0.1, 0.15) is 11.3 Å². The molecule has 27 heavy (non-hydrogen) atoms. The van der Waals surface area contributed by atoms with Crippen LogP contribution in [0.25, 0.3) is 22.6 Å². The highest BCUT2D eigenvalue weighted by atomic mass is 16.3. The van der Waals surface area contributed by atoms with Crippen LogP contribution in [0.1, 0.15) is 25.8 Å². The van der Waals surface area contributed by atoms with E-state index in [0.717, 1.165) is 11.3 Å². The van der Waals surface area contributed by atoms with Gasteiger partial charge in [0.15, 0.2) is 5.58 Å². The Morgan fingerprint density at radius 1 is 1.26 bits per heavy atom. The number of pyridine rings is 1. The molecular weight excluding hydrogens is 346 g/mol. The molecule has 1 aliphatic heterocycles. The molecule has 0 radical (unpaired) electrons. The molecule has 0 bridgehead atoms. The average Bonchev–Trinajstić information content (AvgIpc) is 3.05. The molecule has 2 N–H and O–H groups in total. The molecule has 3 aromatic rings. The minimum Gasteiger partial charge on any atom is -0.436 e. The smallest absolute Gasteiger partial charge is 0.240 e. The van der Waals surface area contributed by atoms with Crippen LogP contribution < -0.4 is 10.7 Å².